The van der Waals surface area contributed by atoms with E-state index in [1.165, 1.54) is 43.4 Å². The van der Waals surface area contributed by atoms with Gasteiger partial charge in [0.05, 0.1) is 16.6 Å². The summed E-state index contributed by atoms with van der Waals surface area (Å²) in [6.07, 6.45) is 1.85. The fourth-order valence-corrected chi connectivity index (χ4v) is 5.87. The number of benzene rings is 6. The summed E-state index contributed by atoms with van der Waals surface area (Å²) in [5.41, 5.74) is 5.29. The van der Waals surface area contributed by atoms with Crippen LogP contribution in [0.4, 0.5) is 0 Å². The number of aromatic nitrogens is 2. The molecule has 0 fully saturated rings. The monoisotopic (exact) mass is 456 g/mol. The summed E-state index contributed by atoms with van der Waals surface area (Å²) >= 11 is 0. The number of rotatable bonds is 1. The highest BCUT2D eigenvalue weighted by Gasteiger charge is 2.15. The second kappa shape index (κ2) is 7.34. The molecule has 0 spiro atoms. The van der Waals surface area contributed by atoms with Gasteiger partial charge in [-0.1, -0.05) is 97.1 Å². The van der Waals surface area contributed by atoms with Gasteiger partial charge in [0.25, 0.3) is 0 Å². The van der Waals surface area contributed by atoms with Crippen LogP contribution >= 0.6 is 0 Å². The summed E-state index contributed by atoms with van der Waals surface area (Å²) < 4.78 is 0. The standard InChI is InChI=1S/C34H20N2/c1-2-11-25-23(9-1)24-10-3-4-12-26(24)30-20-22(16-17-27(25)30)32-28-13-5-6-14-31(28)36-34-29(32)18-15-21-8-7-19-35-33(21)34/h1-20H. The van der Waals surface area contributed by atoms with Crippen molar-refractivity contribution < 1.29 is 0 Å². The highest BCUT2D eigenvalue weighted by Crippen LogP contribution is 2.41. The van der Waals surface area contributed by atoms with Gasteiger partial charge in [0.1, 0.15) is 0 Å². The Balaban J connectivity index is 1.56. The molecule has 6 aromatic carbocycles. The summed E-state index contributed by atoms with van der Waals surface area (Å²) in [6.45, 7) is 0. The van der Waals surface area contributed by atoms with Gasteiger partial charge in [-0.05, 0) is 56.1 Å². The third-order valence-corrected chi connectivity index (χ3v) is 7.46. The lowest BCUT2D eigenvalue weighted by Crippen LogP contribution is -1.92. The van der Waals surface area contributed by atoms with Gasteiger partial charge in [0.2, 0.25) is 0 Å². The Bertz CT molecular complexity index is 2120. The van der Waals surface area contributed by atoms with Gasteiger partial charge in [-0.3, -0.25) is 4.98 Å². The lowest BCUT2D eigenvalue weighted by Gasteiger charge is -2.15. The van der Waals surface area contributed by atoms with Crippen molar-refractivity contribution in [2.45, 2.75) is 0 Å². The number of nitrogens with zero attached hydrogens (tertiary/aromatic N) is 2. The topological polar surface area (TPSA) is 25.8 Å². The van der Waals surface area contributed by atoms with Gasteiger partial charge < -0.3 is 0 Å². The summed E-state index contributed by atoms with van der Waals surface area (Å²) in [5.74, 6) is 0. The lowest BCUT2D eigenvalue weighted by atomic mass is 9.90. The van der Waals surface area contributed by atoms with Crippen LogP contribution in [0.25, 0.3) is 76.2 Å². The second-order valence-electron chi connectivity index (χ2n) is 9.39. The van der Waals surface area contributed by atoms with Gasteiger partial charge in [0.15, 0.2) is 0 Å². The Morgan fingerprint density at radius 3 is 1.78 bits per heavy atom. The molecule has 36 heavy (non-hydrogen) atoms. The zero-order chi connectivity index (χ0) is 23.6. The molecule has 0 unspecified atom stereocenters. The average Bonchev–Trinajstić information content (AvgIpc) is 2.96. The highest BCUT2D eigenvalue weighted by molar-refractivity contribution is 6.26. The maximum Gasteiger partial charge on any atom is 0.0978 e. The Kier molecular flexibility index (Phi) is 3.97. The maximum atomic E-state index is 5.08. The molecule has 0 atom stereocenters. The quantitative estimate of drug-likeness (QED) is 0.182. The van der Waals surface area contributed by atoms with E-state index in [1.54, 1.807) is 0 Å². The molecule has 166 valence electrons. The first-order valence-electron chi connectivity index (χ1n) is 12.3. The van der Waals surface area contributed by atoms with Gasteiger partial charge in [0, 0.05) is 27.9 Å². The first-order chi connectivity index (χ1) is 17.9. The maximum absolute atomic E-state index is 5.08. The molecule has 8 rings (SSSR count). The normalized spacial score (nSPS) is 11.9. The van der Waals surface area contributed by atoms with E-state index in [0.717, 1.165) is 32.7 Å². The van der Waals surface area contributed by atoms with Crippen LogP contribution in [-0.4, -0.2) is 9.97 Å². The van der Waals surface area contributed by atoms with Crippen LogP contribution < -0.4 is 0 Å². The van der Waals surface area contributed by atoms with E-state index in [0.29, 0.717) is 0 Å². The molecule has 0 bridgehead atoms. The van der Waals surface area contributed by atoms with Gasteiger partial charge >= 0.3 is 0 Å². The molecule has 0 amide bonds. The number of pyridine rings is 2. The van der Waals surface area contributed by atoms with Crippen molar-refractivity contribution in [2.75, 3.05) is 0 Å². The minimum Gasteiger partial charge on any atom is -0.254 e. The van der Waals surface area contributed by atoms with E-state index in [1.807, 2.05) is 12.3 Å². The van der Waals surface area contributed by atoms with E-state index >= 15 is 0 Å². The van der Waals surface area contributed by atoms with Crippen molar-refractivity contribution in [3.05, 3.63) is 121 Å². The Hall–Kier alpha value is -4.82. The smallest absolute Gasteiger partial charge is 0.0978 e. The van der Waals surface area contributed by atoms with E-state index in [-0.39, 0.29) is 0 Å². The molecule has 2 heteroatoms. The van der Waals surface area contributed by atoms with Crippen molar-refractivity contribution in [2.24, 2.45) is 0 Å². The third-order valence-electron chi connectivity index (χ3n) is 7.46. The van der Waals surface area contributed by atoms with Crippen LogP contribution in [0.2, 0.25) is 0 Å². The molecular formula is C34H20N2. The zero-order valence-corrected chi connectivity index (χ0v) is 19.4. The first kappa shape index (κ1) is 19.5. The number of hydrogen-bond donors (Lipinski definition) is 0. The van der Waals surface area contributed by atoms with E-state index < -0.39 is 0 Å². The van der Waals surface area contributed by atoms with E-state index in [9.17, 15) is 0 Å². The molecule has 8 aromatic rings. The Morgan fingerprint density at radius 2 is 1.03 bits per heavy atom. The molecule has 2 nitrogen and oxygen atoms in total. The molecule has 0 aliphatic carbocycles. The van der Waals surface area contributed by atoms with E-state index in [2.05, 4.69) is 109 Å². The zero-order valence-electron chi connectivity index (χ0n) is 19.4. The fourth-order valence-electron chi connectivity index (χ4n) is 5.87. The van der Waals surface area contributed by atoms with Crippen LogP contribution in [0.15, 0.2) is 121 Å². The van der Waals surface area contributed by atoms with Gasteiger partial charge in [-0.25, -0.2) is 4.98 Å². The minimum absolute atomic E-state index is 0.944. The molecule has 0 saturated heterocycles. The largest absolute Gasteiger partial charge is 0.254 e. The van der Waals surface area contributed by atoms with Crippen molar-refractivity contribution in [1.29, 1.82) is 0 Å². The SMILES string of the molecule is c1cnc2c(c1)ccc1c(-c3ccc4c5ccccc5c5ccccc5c4c3)c3ccccc3nc12. The van der Waals surface area contributed by atoms with Crippen LogP contribution in [0.3, 0.4) is 0 Å². The predicted octanol–water partition coefficient (Wildman–Crippen LogP) is 9.06. The molecular weight excluding hydrogens is 436 g/mol. The van der Waals surface area contributed by atoms with Crippen LogP contribution in [0, 0.1) is 0 Å². The molecule has 2 aromatic heterocycles. The minimum atomic E-state index is 0.944. The Morgan fingerprint density at radius 1 is 0.417 bits per heavy atom. The van der Waals surface area contributed by atoms with Gasteiger partial charge in [-0.15, -0.1) is 0 Å². The number of fused-ring (bicyclic) bond motifs is 10. The molecule has 0 N–H and O–H groups in total. The van der Waals surface area contributed by atoms with E-state index in [4.69, 9.17) is 9.97 Å². The molecule has 0 radical (unpaired) electrons. The fraction of sp³-hybridized carbons (Fsp3) is 0. The number of para-hydroxylation sites is 1. The molecule has 0 saturated carbocycles. The van der Waals surface area contributed by atoms with Crippen LogP contribution in [-0.2, 0) is 0 Å². The Labute approximate surface area is 207 Å². The third kappa shape index (κ3) is 2.67. The molecule has 0 aliphatic rings. The number of hydrogen-bond acceptors (Lipinski definition) is 2. The summed E-state index contributed by atoms with van der Waals surface area (Å²) in [4.78, 5) is 9.80. The first-order valence-corrected chi connectivity index (χ1v) is 12.3. The van der Waals surface area contributed by atoms with Crippen molar-refractivity contribution in [3.63, 3.8) is 0 Å². The molecule has 0 aliphatic heterocycles. The second-order valence-corrected chi connectivity index (χ2v) is 9.39. The summed E-state index contributed by atoms with van der Waals surface area (Å²) in [6, 6.07) is 41.3. The summed E-state index contributed by atoms with van der Waals surface area (Å²) in [7, 11) is 0. The van der Waals surface area contributed by atoms with Crippen LogP contribution in [0.5, 0.6) is 0 Å². The predicted molar refractivity (Wildman–Crippen MR) is 153 cm³/mol. The summed E-state index contributed by atoms with van der Waals surface area (Å²) in [5, 5.41) is 11.1. The highest BCUT2D eigenvalue weighted by atomic mass is 14.7. The van der Waals surface area contributed by atoms with Crippen molar-refractivity contribution in [1.82, 2.24) is 9.97 Å². The average molecular weight is 457 g/mol. The van der Waals surface area contributed by atoms with Gasteiger partial charge in [-0.2, -0.15) is 0 Å². The molecule has 2 heterocycles. The van der Waals surface area contributed by atoms with Crippen molar-refractivity contribution >= 4 is 65.0 Å². The van der Waals surface area contributed by atoms with Crippen molar-refractivity contribution in [3.8, 4) is 11.1 Å². The lowest BCUT2D eigenvalue weighted by molar-refractivity contribution is 1.40. The van der Waals surface area contributed by atoms with Crippen LogP contribution in [0.1, 0.15) is 0 Å².